The number of ketones is 2. The molecule has 0 unspecified atom stereocenters. The van der Waals surface area contributed by atoms with Crippen molar-refractivity contribution in [3.63, 3.8) is 0 Å². The van der Waals surface area contributed by atoms with E-state index in [1.165, 1.54) is 26.2 Å². The largest absolute Gasteiger partial charge is 0.493 e. The van der Waals surface area contributed by atoms with Gasteiger partial charge in [0.15, 0.2) is 35.0 Å². The van der Waals surface area contributed by atoms with Gasteiger partial charge >= 0.3 is 6.09 Å². The summed E-state index contributed by atoms with van der Waals surface area (Å²) in [5.41, 5.74) is 4.72. The molecule has 0 aromatic heterocycles. The van der Waals surface area contributed by atoms with Crippen LogP contribution in [0.3, 0.4) is 0 Å². The van der Waals surface area contributed by atoms with Gasteiger partial charge in [-0.25, -0.2) is 9.69 Å². The maximum Gasteiger partial charge on any atom is 0.416 e. The molecule has 27 nitrogen and oxygen atoms in total. The molecule has 0 aliphatic carbocycles. The van der Waals surface area contributed by atoms with Crippen molar-refractivity contribution in [2.24, 2.45) is 16.8 Å². The van der Waals surface area contributed by atoms with Crippen molar-refractivity contribution in [1.82, 2.24) is 20.4 Å². The minimum Gasteiger partial charge on any atom is -0.493 e. The molecule has 5 atom stereocenters. The highest BCUT2D eigenvalue weighted by molar-refractivity contribution is 6.07. The molecule has 0 saturated carbocycles. The van der Waals surface area contributed by atoms with E-state index in [0.717, 1.165) is 24.0 Å². The second kappa shape index (κ2) is 43.2. The molecular formula is C74H104N6O21. The van der Waals surface area contributed by atoms with Crippen molar-refractivity contribution in [3.8, 4) is 23.0 Å². The van der Waals surface area contributed by atoms with E-state index in [2.05, 4.69) is 15.6 Å². The summed E-state index contributed by atoms with van der Waals surface area (Å²) in [6, 6.07) is 12.1. The number of anilines is 1. The lowest BCUT2D eigenvalue weighted by Gasteiger charge is -2.34. The van der Waals surface area contributed by atoms with Crippen LogP contribution in [0.5, 0.6) is 23.0 Å². The predicted molar refractivity (Wildman–Crippen MR) is 374 cm³/mol. The van der Waals surface area contributed by atoms with Gasteiger partial charge in [0, 0.05) is 76.0 Å². The number of fused-ring (bicyclic) bond motifs is 4. The van der Waals surface area contributed by atoms with Crippen LogP contribution >= 0.6 is 0 Å². The summed E-state index contributed by atoms with van der Waals surface area (Å²) in [5.74, 6) is -0.520. The summed E-state index contributed by atoms with van der Waals surface area (Å²) in [5, 5.41) is 5.57. The van der Waals surface area contributed by atoms with E-state index in [1.807, 2.05) is 33.9 Å². The maximum atomic E-state index is 14.5. The van der Waals surface area contributed by atoms with Crippen molar-refractivity contribution < 1.29 is 99.9 Å². The third-order valence-corrected chi connectivity index (χ3v) is 17.2. The van der Waals surface area contributed by atoms with Gasteiger partial charge in [0.1, 0.15) is 12.4 Å². The van der Waals surface area contributed by atoms with E-state index >= 15 is 0 Å². The Labute approximate surface area is 593 Å². The second-order valence-corrected chi connectivity index (χ2v) is 25.2. The zero-order valence-corrected chi connectivity index (χ0v) is 60.2. The van der Waals surface area contributed by atoms with Gasteiger partial charge in [0.05, 0.1) is 174 Å². The topological polar surface area (TPSA) is 295 Å². The molecule has 2 N–H and O–H groups in total. The van der Waals surface area contributed by atoms with Crippen LogP contribution in [0.2, 0.25) is 0 Å². The van der Waals surface area contributed by atoms with Gasteiger partial charge in [-0.05, 0) is 82.1 Å². The standard InChI is InChI=1S/C74H104N6O21/c1-10-69(83)75-19-23-92-25-27-94-29-31-96-33-35-98-37-36-97-34-32-95-30-28-93-26-24-91-22-18-57(81)41-58(50(2)3)70(84)77-53(6)64(82)40-54-14-16-55(17-15-54)49-101-74(87)80-62-45-68(66(89-8)43-60(62)72(86)79-48-52(5)39-63(79)73(80)90-9)100-21-13-11-12-20-99-67-44-61-59(42-65(67)88-7)71(85)78-47-51(4)38-56(78)46-76-61/h14-17,42-48,50,53,56,58,63,73H,10-13,18-41,49H2,1-9H3,(H,75,83)(H,77,84)/t53-,56-,58-,63-,73-/m0/s1. The van der Waals surface area contributed by atoms with Crippen LogP contribution in [0.1, 0.15) is 125 Å². The fraction of sp³-hybridized carbons (Fsp3) is 0.595. The first-order valence-electron chi connectivity index (χ1n) is 35.0. The number of benzene rings is 3. The highest BCUT2D eigenvalue weighted by Gasteiger charge is 2.46. The predicted octanol–water partition coefficient (Wildman–Crippen LogP) is 8.31. The lowest BCUT2D eigenvalue weighted by atomic mass is 9.88. The Morgan fingerprint density at radius 2 is 1.11 bits per heavy atom. The fourth-order valence-corrected chi connectivity index (χ4v) is 11.6. The van der Waals surface area contributed by atoms with E-state index in [-0.39, 0.29) is 104 Å². The van der Waals surface area contributed by atoms with E-state index in [0.29, 0.717) is 177 Å². The number of ether oxygens (including phenoxy) is 14. The Kier molecular flexibility index (Phi) is 34.4. The Bertz CT molecular complexity index is 3270. The number of rotatable bonds is 49. The summed E-state index contributed by atoms with van der Waals surface area (Å²) >= 11 is 0. The molecular weight excluding hydrogens is 1310 g/mol. The first-order chi connectivity index (χ1) is 48.9. The average Bonchev–Trinajstić information content (AvgIpc) is 1.62. The van der Waals surface area contributed by atoms with Gasteiger partial charge in [-0.1, -0.05) is 56.2 Å². The first-order valence-corrected chi connectivity index (χ1v) is 35.0. The molecule has 0 radical (unpaired) electrons. The molecule has 4 aliphatic heterocycles. The summed E-state index contributed by atoms with van der Waals surface area (Å²) in [4.78, 5) is 103. The third kappa shape index (κ3) is 25.3. The molecule has 3 aromatic carbocycles. The van der Waals surface area contributed by atoms with E-state index in [4.69, 9.17) is 66.3 Å². The summed E-state index contributed by atoms with van der Waals surface area (Å²) in [7, 11) is 4.49. The maximum absolute atomic E-state index is 14.5. The van der Waals surface area contributed by atoms with E-state index < -0.39 is 30.3 Å². The number of nitrogens with one attached hydrogen (secondary N) is 2. The Balaban J connectivity index is 0.766. The number of Topliss-reactive ketones (excluding diaryl/α,β-unsaturated/α-hetero) is 2. The second-order valence-electron chi connectivity index (χ2n) is 25.2. The number of hydrogen-bond donors (Lipinski definition) is 2. The Morgan fingerprint density at radius 1 is 0.594 bits per heavy atom. The number of carbonyl (C=O) groups excluding carboxylic acids is 7. The van der Waals surface area contributed by atoms with E-state index in [9.17, 15) is 33.6 Å². The first kappa shape index (κ1) is 80.5. The molecule has 5 amide bonds. The minimum atomic E-state index is -0.957. The summed E-state index contributed by atoms with van der Waals surface area (Å²) in [6.07, 6.45) is 7.51. The quantitative estimate of drug-likeness (QED) is 0.0502. The van der Waals surface area contributed by atoms with Crippen LogP contribution in [-0.2, 0) is 79.6 Å². The number of aliphatic imine (C=N–C) groups is 1. The molecule has 4 aliphatic rings. The smallest absolute Gasteiger partial charge is 0.416 e. The number of hydrogen-bond acceptors (Lipinski definition) is 22. The average molecular weight is 1410 g/mol. The van der Waals surface area contributed by atoms with Crippen molar-refractivity contribution in [2.45, 2.75) is 130 Å². The van der Waals surface area contributed by atoms with Gasteiger partial charge in [0.25, 0.3) is 11.8 Å². The molecule has 3 aromatic rings. The molecule has 27 heteroatoms. The molecule has 0 saturated heterocycles. The Hall–Kier alpha value is -7.86. The molecule has 0 bridgehead atoms. The molecule has 0 fully saturated rings. The number of unbranched alkanes of at least 4 members (excludes halogenated alkanes) is 2. The monoisotopic (exact) mass is 1410 g/mol. The summed E-state index contributed by atoms with van der Waals surface area (Å²) in [6.45, 7) is 18.4. The third-order valence-electron chi connectivity index (χ3n) is 17.2. The van der Waals surface area contributed by atoms with E-state index in [1.54, 1.807) is 84.6 Å². The molecule has 0 spiro atoms. The van der Waals surface area contributed by atoms with Gasteiger partial charge in [0.2, 0.25) is 11.8 Å². The Morgan fingerprint density at radius 3 is 1.66 bits per heavy atom. The number of amides is 5. The van der Waals surface area contributed by atoms with Gasteiger partial charge in [-0.2, -0.15) is 0 Å². The normalized spacial score (nSPS) is 16.7. The molecule has 4 heterocycles. The molecule has 7 rings (SSSR count). The highest BCUT2D eigenvalue weighted by atomic mass is 16.6. The zero-order chi connectivity index (χ0) is 72.5. The summed E-state index contributed by atoms with van der Waals surface area (Å²) < 4.78 is 80.0. The minimum absolute atomic E-state index is 0.00313. The van der Waals surface area contributed by atoms with Crippen molar-refractivity contribution in [2.75, 3.05) is 152 Å². The van der Waals surface area contributed by atoms with Gasteiger partial charge in [-0.15, -0.1) is 0 Å². The number of carbonyl (C=O) groups is 7. The van der Waals surface area contributed by atoms with Crippen LogP contribution < -0.4 is 34.5 Å². The molecule has 556 valence electrons. The van der Waals surface area contributed by atoms with Crippen LogP contribution in [-0.4, -0.2) is 228 Å². The number of nitrogens with zero attached hydrogens (tertiary/aromatic N) is 4. The van der Waals surface area contributed by atoms with Crippen LogP contribution in [0, 0.1) is 11.8 Å². The lowest BCUT2D eigenvalue weighted by Crippen LogP contribution is -2.51. The van der Waals surface area contributed by atoms with Gasteiger partial charge in [-0.3, -0.25) is 33.8 Å². The van der Waals surface area contributed by atoms with Crippen LogP contribution in [0.4, 0.5) is 16.2 Å². The molecule has 101 heavy (non-hydrogen) atoms. The highest BCUT2D eigenvalue weighted by Crippen LogP contribution is 2.43. The van der Waals surface area contributed by atoms with Crippen LogP contribution in [0.15, 0.2) is 77.1 Å². The van der Waals surface area contributed by atoms with Crippen LogP contribution in [0.25, 0.3) is 0 Å². The van der Waals surface area contributed by atoms with Crippen molar-refractivity contribution in [1.29, 1.82) is 0 Å². The SMILES string of the molecule is CCC(=O)NCCOCCOCCOCCOCCOCCOCCOCCOCCC(=O)C[C@H](C(=O)N[C@@H](C)C(=O)Cc1ccc(COC(=O)N2c3cc(OCCCCCOc4cc5c(cc4OC)C(=O)N4C=C(C)C[C@H]4C=N5)c(OC)cc3C(=O)N3C=C(C)C[C@H]3[C@@H]2OC)cc1)C(C)C. The zero-order valence-electron chi connectivity index (χ0n) is 60.2. The van der Waals surface area contributed by atoms with Gasteiger partial charge < -0.3 is 86.7 Å². The number of methoxy groups -OCH3 is 3. The fourth-order valence-electron chi connectivity index (χ4n) is 11.6. The van der Waals surface area contributed by atoms with Crippen molar-refractivity contribution >= 4 is 58.9 Å². The lowest BCUT2D eigenvalue weighted by molar-refractivity contribution is -0.133. The van der Waals surface area contributed by atoms with Crippen molar-refractivity contribution in [3.05, 3.63) is 94.3 Å².